The first-order valence-electron chi connectivity index (χ1n) is 7.78. The summed E-state index contributed by atoms with van der Waals surface area (Å²) in [4.78, 5) is 37.7. The van der Waals surface area contributed by atoms with Crippen molar-refractivity contribution < 1.29 is 14.4 Å². The van der Waals surface area contributed by atoms with E-state index in [1.54, 1.807) is 35.2 Å². The van der Waals surface area contributed by atoms with Crippen LogP contribution in [0.3, 0.4) is 0 Å². The minimum absolute atomic E-state index is 0.0584. The van der Waals surface area contributed by atoms with Crippen molar-refractivity contribution in [1.29, 1.82) is 5.26 Å². The summed E-state index contributed by atoms with van der Waals surface area (Å²) in [6.45, 7) is 1.26. The van der Waals surface area contributed by atoms with Gasteiger partial charge in [0.1, 0.15) is 0 Å². The van der Waals surface area contributed by atoms with Gasteiger partial charge in [-0.15, -0.1) is 0 Å². The molecule has 1 aliphatic heterocycles. The van der Waals surface area contributed by atoms with Gasteiger partial charge in [0.05, 0.1) is 6.07 Å². The Balaban J connectivity index is 1.83. The molecule has 126 valence electrons. The molecule has 0 aliphatic carbocycles. The Morgan fingerprint density at radius 1 is 1.21 bits per heavy atom. The summed E-state index contributed by atoms with van der Waals surface area (Å²) in [5, 5.41) is 12.2. The molecule has 2 rings (SSSR count). The second-order valence-corrected chi connectivity index (χ2v) is 6.01. The van der Waals surface area contributed by atoms with Crippen molar-refractivity contribution in [3.05, 3.63) is 34.9 Å². The SMILES string of the molecule is N#C[C@H](C(=O)CCNC(=O)c1ccc(Cl)cc1)C(=O)N1CCCC1. The predicted octanol–water partition coefficient (Wildman–Crippen LogP) is 1.79. The molecule has 2 amide bonds. The molecular formula is C17H18ClN3O3. The Morgan fingerprint density at radius 2 is 1.83 bits per heavy atom. The number of halogens is 1. The first-order valence-corrected chi connectivity index (χ1v) is 8.15. The molecule has 1 aliphatic rings. The van der Waals surface area contributed by atoms with E-state index in [-0.39, 0.29) is 18.9 Å². The lowest BCUT2D eigenvalue weighted by Gasteiger charge is -2.18. The van der Waals surface area contributed by atoms with Crippen LogP contribution in [-0.2, 0) is 9.59 Å². The lowest BCUT2D eigenvalue weighted by molar-refractivity contribution is -0.138. The molecule has 7 heteroatoms. The van der Waals surface area contributed by atoms with Crippen molar-refractivity contribution in [2.24, 2.45) is 5.92 Å². The molecule has 1 atom stereocenters. The van der Waals surface area contributed by atoms with Crippen LogP contribution in [0, 0.1) is 17.2 Å². The number of rotatable bonds is 6. The second kappa shape index (κ2) is 8.46. The largest absolute Gasteiger partial charge is 0.352 e. The van der Waals surface area contributed by atoms with Crippen molar-refractivity contribution in [2.75, 3.05) is 19.6 Å². The average molecular weight is 348 g/mol. The van der Waals surface area contributed by atoms with Gasteiger partial charge in [0.15, 0.2) is 11.7 Å². The third-order valence-electron chi connectivity index (χ3n) is 3.88. The average Bonchev–Trinajstić information content (AvgIpc) is 3.10. The van der Waals surface area contributed by atoms with Crippen LogP contribution in [0.4, 0.5) is 0 Å². The zero-order valence-electron chi connectivity index (χ0n) is 13.1. The van der Waals surface area contributed by atoms with Crippen LogP contribution in [0.2, 0.25) is 5.02 Å². The number of amides is 2. The van der Waals surface area contributed by atoms with Gasteiger partial charge in [0.2, 0.25) is 5.91 Å². The molecular weight excluding hydrogens is 330 g/mol. The van der Waals surface area contributed by atoms with Crippen molar-refractivity contribution in [3.8, 4) is 6.07 Å². The van der Waals surface area contributed by atoms with E-state index >= 15 is 0 Å². The number of nitrogens with zero attached hydrogens (tertiary/aromatic N) is 2. The van der Waals surface area contributed by atoms with E-state index in [4.69, 9.17) is 16.9 Å². The van der Waals surface area contributed by atoms with Crippen LogP contribution in [0.5, 0.6) is 0 Å². The highest BCUT2D eigenvalue weighted by molar-refractivity contribution is 6.30. The van der Waals surface area contributed by atoms with Gasteiger partial charge in [-0.05, 0) is 37.1 Å². The Kier molecular flexibility index (Phi) is 6.33. The Morgan fingerprint density at radius 3 is 2.42 bits per heavy atom. The molecule has 1 saturated heterocycles. The molecule has 24 heavy (non-hydrogen) atoms. The molecule has 1 heterocycles. The highest BCUT2D eigenvalue weighted by Crippen LogP contribution is 2.13. The minimum atomic E-state index is -1.28. The van der Waals surface area contributed by atoms with Crippen LogP contribution in [0.15, 0.2) is 24.3 Å². The smallest absolute Gasteiger partial charge is 0.251 e. The van der Waals surface area contributed by atoms with Crippen LogP contribution in [-0.4, -0.2) is 42.1 Å². The number of likely N-dealkylation sites (tertiary alicyclic amines) is 1. The van der Waals surface area contributed by atoms with Crippen LogP contribution >= 0.6 is 11.6 Å². The maximum absolute atomic E-state index is 12.2. The molecule has 0 spiro atoms. The van der Waals surface area contributed by atoms with Gasteiger partial charge in [-0.3, -0.25) is 14.4 Å². The summed E-state index contributed by atoms with van der Waals surface area (Å²) in [6, 6.07) is 8.14. The quantitative estimate of drug-likeness (QED) is 0.794. The number of hydrogen-bond acceptors (Lipinski definition) is 4. The van der Waals surface area contributed by atoms with Crippen LogP contribution < -0.4 is 5.32 Å². The Labute approximate surface area is 145 Å². The Bertz CT molecular complexity index is 661. The standard InChI is InChI=1S/C17H18ClN3O3/c18-13-5-3-12(4-6-13)16(23)20-8-7-15(22)14(11-19)17(24)21-9-1-2-10-21/h3-6,14H,1-2,7-10H2,(H,20,23)/t14-/m1/s1. The lowest BCUT2D eigenvalue weighted by Crippen LogP contribution is -2.38. The molecule has 0 radical (unpaired) electrons. The summed E-state index contributed by atoms with van der Waals surface area (Å²) in [6.07, 6.45) is 1.74. The summed E-state index contributed by atoms with van der Waals surface area (Å²) >= 11 is 5.75. The van der Waals surface area contributed by atoms with Gasteiger partial charge in [0, 0.05) is 36.6 Å². The zero-order chi connectivity index (χ0) is 17.5. The van der Waals surface area contributed by atoms with E-state index in [0.29, 0.717) is 23.7 Å². The maximum Gasteiger partial charge on any atom is 0.251 e. The molecule has 0 bridgehead atoms. The number of carbonyl (C=O) groups is 3. The Hall–Kier alpha value is -2.39. The summed E-state index contributed by atoms with van der Waals surface area (Å²) < 4.78 is 0. The van der Waals surface area contributed by atoms with E-state index in [1.807, 2.05) is 0 Å². The van der Waals surface area contributed by atoms with Gasteiger partial charge in [-0.1, -0.05) is 11.6 Å². The first kappa shape index (κ1) is 18.0. The molecule has 1 fully saturated rings. The highest BCUT2D eigenvalue weighted by Gasteiger charge is 2.31. The maximum atomic E-state index is 12.2. The molecule has 1 N–H and O–H groups in total. The number of nitrogens with one attached hydrogen (secondary N) is 1. The summed E-state index contributed by atoms with van der Waals surface area (Å²) in [7, 11) is 0. The van der Waals surface area contributed by atoms with Gasteiger partial charge in [-0.2, -0.15) is 5.26 Å². The van der Waals surface area contributed by atoms with Crippen molar-refractivity contribution in [2.45, 2.75) is 19.3 Å². The van der Waals surface area contributed by atoms with Crippen LogP contribution in [0.25, 0.3) is 0 Å². The third kappa shape index (κ3) is 4.56. The molecule has 1 aromatic rings. The predicted molar refractivity (Wildman–Crippen MR) is 88.3 cm³/mol. The second-order valence-electron chi connectivity index (χ2n) is 5.57. The number of hydrogen-bond donors (Lipinski definition) is 1. The van der Waals surface area contributed by atoms with E-state index in [0.717, 1.165) is 12.8 Å². The topological polar surface area (TPSA) is 90.3 Å². The van der Waals surface area contributed by atoms with E-state index < -0.39 is 17.6 Å². The molecule has 6 nitrogen and oxygen atoms in total. The molecule has 0 unspecified atom stereocenters. The summed E-state index contributed by atoms with van der Waals surface area (Å²) in [5.41, 5.74) is 0.428. The fraction of sp³-hybridized carbons (Fsp3) is 0.412. The van der Waals surface area contributed by atoms with E-state index in [1.165, 1.54) is 0 Å². The van der Waals surface area contributed by atoms with Gasteiger partial charge >= 0.3 is 0 Å². The van der Waals surface area contributed by atoms with E-state index in [2.05, 4.69) is 5.32 Å². The number of nitriles is 1. The van der Waals surface area contributed by atoms with Gasteiger partial charge in [-0.25, -0.2) is 0 Å². The molecule has 0 saturated carbocycles. The first-order chi connectivity index (χ1) is 11.5. The summed E-state index contributed by atoms with van der Waals surface area (Å²) in [5.74, 6) is -2.51. The number of carbonyl (C=O) groups excluding carboxylic acids is 3. The molecule has 1 aromatic carbocycles. The van der Waals surface area contributed by atoms with Crippen molar-refractivity contribution in [3.63, 3.8) is 0 Å². The number of Topliss-reactive ketones (excluding diaryl/α,β-unsaturated/α-hetero) is 1. The zero-order valence-corrected chi connectivity index (χ0v) is 13.9. The number of ketones is 1. The van der Waals surface area contributed by atoms with Gasteiger partial charge in [0.25, 0.3) is 5.91 Å². The highest BCUT2D eigenvalue weighted by atomic mass is 35.5. The van der Waals surface area contributed by atoms with Crippen molar-refractivity contribution >= 4 is 29.2 Å². The van der Waals surface area contributed by atoms with E-state index in [9.17, 15) is 14.4 Å². The third-order valence-corrected chi connectivity index (χ3v) is 4.13. The van der Waals surface area contributed by atoms with Gasteiger partial charge < -0.3 is 10.2 Å². The lowest BCUT2D eigenvalue weighted by atomic mass is 10.0. The fourth-order valence-corrected chi connectivity index (χ4v) is 2.66. The van der Waals surface area contributed by atoms with Crippen LogP contribution in [0.1, 0.15) is 29.6 Å². The fourth-order valence-electron chi connectivity index (χ4n) is 2.53. The minimum Gasteiger partial charge on any atom is -0.352 e. The normalized spacial score (nSPS) is 14.8. The number of benzene rings is 1. The molecule has 0 aromatic heterocycles. The van der Waals surface area contributed by atoms with Crippen molar-refractivity contribution in [1.82, 2.24) is 10.2 Å². The monoisotopic (exact) mass is 347 g/mol.